The van der Waals surface area contributed by atoms with Crippen molar-refractivity contribution in [3.05, 3.63) is 59.2 Å². The second-order valence-electron chi connectivity index (χ2n) is 7.22. The van der Waals surface area contributed by atoms with Crippen LogP contribution in [-0.2, 0) is 9.53 Å². The molecular formula is C23H30N4O5. The van der Waals surface area contributed by atoms with Crippen LogP contribution in [0, 0.1) is 6.92 Å². The Balaban J connectivity index is 2.45. The number of phenols is 1. The van der Waals surface area contributed by atoms with E-state index in [1.807, 2.05) is 26.0 Å². The van der Waals surface area contributed by atoms with Crippen LogP contribution in [0.5, 0.6) is 5.75 Å². The molecule has 9 heteroatoms. The lowest BCUT2D eigenvalue weighted by Crippen LogP contribution is -2.24. The third kappa shape index (κ3) is 6.13. The van der Waals surface area contributed by atoms with Crippen molar-refractivity contribution in [3.63, 3.8) is 0 Å². The predicted octanol–water partition coefficient (Wildman–Crippen LogP) is 3.36. The third-order valence-electron chi connectivity index (χ3n) is 4.54. The van der Waals surface area contributed by atoms with E-state index in [2.05, 4.69) is 10.3 Å². The second kappa shape index (κ2) is 11.0. The summed E-state index contributed by atoms with van der Waals surface area (Å²) in [6.07, 6.45) is 1.76. The van der Waals surface area contributed by atoms with Gasteiger partial charge in [-0.2, -0.15) is 0 Å². The van der Waals surface area contributed by atoms with E-state index in [4.69, 9.17) is 14.9 Å². The molecule has 0 radical (unpaired) electrons. The summed E-state index contributed by atoms with van der Waals surface area (Å²) in [5.74, 6) is 0.132. The number of aliphatic imine (C=N–C) groups is 1. The SMILES string of the molecule is CCOC(=O)C=C(Nc1cccc(C(=O)N(C)C)c1O)C(N)=N[C@H](CC)c1ccc(C)o1. The first-order valence-corrected chi connectivity index (χ1v) is 10.3. The van der Waals surface area contributed by atoms with Crippen LogP contribution in [0.25, 0.3) is 0 Å². The van der Waals surface area contributed by atoms with Crippen LogP contribution >= 0.6 is 0 Å². The number of esters is 1. The zero-order valence-electron chi connectivity index (χ0n) is 19.0. The fraction of sp³-hybridized carbons (Fsp3) is 0.348. The molecule has 0 aliphatic heterocycles. The van der Waals surface area contributed by atoms with Crippen LogP contribution < -0.4 is 11.1 Å². The Labute approximate surface area is 187 Å². The van der Waals surface area contributed by atoms with E-state index in [0.717, 1.165) is 11.8 Å². The van der Waals surface area contributed by atoms with Gasteiger partial charge in [-0.15, -0.1) is 0 Å². The summed E-state index contributed by atoms with van der Waals surface area (Å²) in [5, 5.41) is 13.5. The second-order valence-corrected chi connectivity index (χ2v) is 7.22. The van der Waals surface area contributed by atoms with Gasteiger partial charge in [0.1, 0.15) is 23.4 Å². The van der Waals surface area contributed by atoms with Crippen LogP contribution in [0.2, 0.25) is 0 Å². The first-order valence-electron chi connectivity index (χ1n) is 10.3. The molecule has 2 aromatic rings. The number of rotatable bonds is 9. The van der Waals surface area contributed by atoms with Gasteiger partial charge in [0.25, 0.3) is 5.91 Å². The van der Waals surface area contributed by atoms with Gasteiger partial charge in [-0.3, -0.25) is 9.79 Å². The quantitative estimate of drug-likeness (QED) is 0.178. The first-order chi connectivity index (χ1) is 15.2. The maximum absolute atomic E-state index is 12.3. The Hall–Kier alpha value is -3.75. The van der Waals surface area contributed by atoms with Crippen molar-refractivity contribution in [2.75, 3.05) is 26.0 Å². The molecule has 1 aromatic carbocycles. The minimum atomic E-state index is -0.630. The molecule has 0 saturated heterocycles. The molecule has 0 spiro atoms. The number of anilines is 1. The van der Waals surface area contributed by atoms with E-state index < -0.39 is 5.97 Å². The minimum Gasteiger partial charge on any atom is -0.505 e. The number of carbonyl (C=O) groups is 2. The lowest BCUT2D eigenvalue weighted by molar-refractivity contribution is -0.137. The van der Waals surface area contributed by atoms with Crippen LogP contribution in [-0.4, -0.2) is 48.4 Å². The third-order valence-corrected chi connectivity index (χ3v) is 4.54. The van der Waals surface area contributed by atoms with Crippen LogP contribution in [0.15, 0.2) is 51.5 Å². The average Bonchev–Trinajstić information content (AvgIpc) is 3.18. The van der Waals surface area contributed by atoms with Crippen LogP contribution in [0.1, 0.15) is 48.2 Å². The monoisotopic (exact) mass is 442 g/mol. The number of ether oxygens (including phenoxy) is 1. The number of benzene rings is 1. The zero-order chi connectivity index (χ0) is 23.8. The van der Waals surface area contributed by atoms with Gasteiger partial charge >= 0.3 is 5.97 Å². The molecule has 4 N–H and O–H groups in total. The van der Waals surface area contributed by atoms with E-state index >= 15 is 0 Å². The van der Waals surface area contributed by atoms with Crippen LogP contribution in [0.3, 0.4) is 0 Å². The highest BCUT2D eigenvalue weighted by Crippen LogP contribution is 2.30. The maximum Gasteiger partial charge on any atom is 0.332 e. The van der Waals surface area contributed by atoms with Crippen LogP contribution in [0.4, 0.5) is 5.69 Å². The van der Waals surface area contributed by atoms with Crippen molar-refractivity contribution >= 4 is 23.4 Å². The van der Waals surface area contributed by atoms with E-state index in [9.17, 15) is 14.7 Å². The molecule has 32 heavy (non-hydrogen) atoms. The van der Waals surface area contributed by atoms with Gasteiger partial charge in [-0.25, -0.2) is 4.79 Å². The molecule has 2 rings (SSSR count). The summed E-state index contributed by atoms with van der Waals surface area (Å²) in [6, 6.07) is 7.95. The van der Waals surface area contributed by atoms with Gasteiger partial charge < -0.3 is 30.2 Å². The van der Waals surface area contributed by atoms with Gasteiger partial charge in [-0.05, 0) is 44.5 Å². The number of carbonyl (C=O) groups excluding carboxylic acids is 2. The highest BCUT2D eigenvalue weighted by atomic mass is 16.5. The zero-order valence-corrected chi connectivity index (χ0v) is 19.0. The van der Waals surface area contributed by atoms with Crippen molar-refractivity contribution in [3.8, 4) is 5.75 Å². The van der Waals surface area contributed by atoms with Gasteiger partial charge in [0.15, 0.2) is 5.75 Å². The highest BCUT2D eigenvalue weighted by Gasteiger charge is 2.19. The standard InChI is InChI=1S/C23H30N4O5/c1-6-16(19-12-11-14(3)32-19)26-22(24)18(13-20(28)31-7-2)25-17-10-8-9-15(21(17)29)23(30)27(4)5/h8-13,16,25,29H,6-7H2,1-5H3,(H2,24,26)/t16-/m1/s1. The Bertz CT molecular complexity index is 1020. The number of phenolic OH excluding ortho intramolecular Hbond substituents is 1. The van der Waals surface area contributed by atoms with Crippen molar-refractivity contribution in [1.29, 1.82) is 0 Å². The summed E-state index contributed by atoms with van der Waals surface area (Å²) in [6.45, 7) is 5.64. The molecule has 1 heterocycles. The predicted molar refractivity (Wildman–Crippen MR) is 123 cm³/mol. The Morgan fingerprint density at radius 2 is 2.00 bits per heavy atom. The number of para-hydroxylation sites is 1. The summed E-state index contributed by atoms with van der Waals surface area (Å²) < 4.78 is 10.7. The molecule has 172 valence electrons. The molecule has 1 atom stereocenters. The number of hydrogen-bond acceptors (Lipinski definition) is 7. The van der Waals surface area contributed by atoms with Gasteiger partial charge in [0, 0.05) is 14.1 Å². The lowest BCUT2D eigenvalue weighted by Gasteiger charge is -2.17. The Morgan fingerprint density at radius 3 is 2.56 bits per heavy atom. The molecule has 0 saturated carbocycles. The van der Waals surface area contributed by atoms with Crippen molar-refractivity contribution in [2.45, 2.75) is 33.2 Å². The number of nitrogens with one attached hydrogen (secondary N) is 1. The number of furan rings is 1. The topological polar surface area (TPSA) is 130 Å². The number of nitrogens with zero attached hydrogens (tertiary/aromatic N) is 2. The Kier molecular flexibility index (Phi) is 8.46. The summed E-state index contributed by atoms with van der Waals surface area (Å²) >= 11 is 0. The Morgan fingerprint density at radius 1 is 1.28 bits per heavy atom. The number of amides is 1. The largest absolute Gasteiger partial charge is 0.505 e. The van der Waals surface area contributed by atoms with Gasteiger partial charge in [-0.1, -0.05) is 13.0 Å². The number of hydrogen-bond donors (Lipinski definition) is 3. The van der Waals surface area contributed by atoms with Gasteiger partial charge in [0.05, 0.1) is 29.6 Å². The summed E-state index contributed by atoms with van der Waals surface area (Å²) in [7, 11) is 3.17. The fourth-order valence-corrected chi connectivity index (χ4v) is 2.90. The van der Waals surface area contributed by atoms with E-state index in [-0.39, 0.29) is 47.1 Å². The number of amidine groups is 1. The highest BCUT2D eigenvalue weighted by molar-refractivity contribution is 6.05. The molecule has 9 nitrogen and oxygen atoms in total. The normalized spacial score (nSPS) is 12.9. The first kappa shape index (κ1) is 24.5. The smallest absolute Gasteiger partial charge is 0.332 e. The summed E-state index contributed by atoms with van der Waals surface area (Å²) in [4.78, 5) is 30.3. The number of aromatic hydroxyl groups is 1. The molecule has 0 aliphatic carbocycles. The molecular weight excluding hydrogens is 412 g/mol. The van der Waals surface area contributed by atoms with Crippen molar-refractivity contribution in [1.82, 2.24) is 4.90 Å². The molecule has 0 fully saturated rings. The molecule has 0 aliphatic rings. The average molecular weight is 443 g/mol. The summed E-state index contributed by atoms with van der Waals surface area (Å²) in [5.41, 5.74) is 6.65. The maximum atomic E-state index is 12.3. The van der Waals surface area contributed by atoms with E-state index in [0.29, 0.717) is 12.2 Å². The van der Waals surface area contributed by atoms with Gasteiger partial charge in [0.2, 0.25) is 0 Å². The molecule has 0 bridgehead atoms. The van der Waals surface area contributed by atoms with Crippen molar-refractivity contribution in [2.24, 2.45) is 10.7 Å². The fourth-order valence-electron chi connectivity index (χ4n) is 2.90. The molecule has 1 amide bonds. The lowest BCUT2D eigenvalue weighted by atomic mass is 10.1. The van der Waals surface area contributed by atoms with E-state index in [1.165, 1.54) is 11.0 Å². The van der Waals surface area contributed by atoms with E-state index in [1.54, 1.807) is 33.2 Å². The number of aryl methyl sites for hydroxylation is 1. The van der Waals surface area contributed by atoms with Crippen molar-refractivity contribution < 1.29 is 23.8 Å². The minimum absolute atomic E-state index is 0.0164. The number of nitrogens with two attached hydrogens (primary N) is 1. The molecule has 1 aromatic heterocycles. The molecule has 0 unspecified atom stereocenters.